The molecule has 0 saturated heterocycles. The van der Waals surface area contributed by atoms with Gasteiger partial charge < -0.3 is 15.2 Å². The fraction of sp³-hybridized carbons (Fsp3) is 0.500. The topological polar surface area (TPSA) is 85.2 Å². The number of carbonyl (C=O) groups is 1. The fourth-order valence-electron chi connectivity index (χ4n) is 2.64. The SMILES string of the molecule is CN(Cc1nc(C2(N)CCCC2)no1)C(=O)c1ccc(Br)s1.Cl. The quantitative estimate of drug-likeness (QED) is 0.818. The highest BCUT2D eigenvalue weighted by atomic mass is 79.9. The second-order valence-electron chi connectivity index (χ2n) is 5.64. The average molecular weight is 422 g/mol. The third kappa shape index (κ3) is 3.93. The summed E-state index contributed by atoms with van der Waals surface area (Å²) in [4.78, 5) is 18.9. The third-order valence-corrected chi connectivity index (χ3v) is 5.52. The molecular weight excluding hydrogens is 404 g/mol. The van der Waals surface area contributed by atoms with Gasteiger partial charge in [-0.2, -0.15) is 4.98 Å². The molecule has 0 atom stereocenters. The first-order valence-electron chi connectivity index (χ1n) is 7.11. The number of aromatic nitrogens is 2. The van der Waals surface area contributed by atoms with Crippen LogP contribution < -0.4 is 5.73 Å². The van der Waals surface area contributed by atoms with Crippen LogP contribution >= 0.6 is 39.7 Å². The van der Waals surface area contributed by atoms with Gasteiger partial charge in [0.05, 0.1) is 14.2 Å². The minimum Gasteiger partial charge on any atom is -0.337 e. The molecule has 1 fully saturated rings. The maximum absolute atomic E-state index is 12.3. The molecule has 1 amide bonds. The van der Waals surface area contributed by atoms with E-state index < -0.39 is 5.54 Å². The smallest absolute Gasteiger partial charge is 0.264 e. The van der Waals surface area contributed by atoms with Crippen LogP contribution in [-0.2, 0) is 12.1 Å². The van der Waals surface area contributed by atoms with E-state index in [0.717, 1.165) is 29.5 Å². The summed E-state index contributed by atoms with van der Waals surface area (Å²) < 4.78 is 6.19. The Balaban J connectivity index is 0.00000192. The van der Waals surface area contributed by atoms with E-state index in [9.17, 15) is 4.79 Å². The summed E-state index contributed by atoms with van der Waals surface area (Å²) in [6.07, 6.45) is 3.94. The van der Waals surface area contributed by atoms with Gasteiger partial charge in [0.25, 0.3) is 5.91 Å². The Morgan fingerprint density at radius 3 is 2.78 bits per heavy atom. The Labute approximate surface area is 153 Å². The van der Waals surface area contributed by atoms with E-state index in [2.05, 4.69) is 26.1 Å². The maximum atomic E-state index is 12.3. The van der Waals surface area contributed by atoms with Crippen LogP contribution in [0.25, 0.3) is 0 Å². The molecule has 0 unspecified atom stereocenters. The molecule has 0 aromatic carbocycles. The maximum Gasteiger partial charge on any atom is 0.264 e. The summed E-state index contributed by atoms with van der Waals surface area (Å²) in [7, 11) is 1.72. The zero-order chi connectivity index (χ0) is 15.7. The molecule has 0 spiro atoms. The lowest BCUT2D eigenvalue weighted by molar-refractivity contribution is 0.0774. The highest BCUT2D eigenvalue weighted by molar-refractivity contribution is 9.11. The van der Waals surface area contributed by atoms with Gasteiger partial charge >= 0.3 is 0 Å². The van der Waals surface area contributed by atoms with Crippen LogP contribution in [-0.4, -0.2) is 28.0 Å². The molecule has 23 heavy (non-hydrogen) atoms. The lowest BCUT2D eigenvalue weighted by atomic mass is 9.99. The third-order valence-electron chi connectivity index (χ3n) is 3.91. The molecule has 2 aromatic rings. The molecular formula is C14H18BrClN4O2S. The van der Waals surface area contributed by atoms with Gasteiger partial charge in [-0.15, -0.1) is 23.7 Å². The Hall–Kier alpha value is -0.960. The highest BCUT2D eigenvalue weighted by Crippen LogP contribution is 2.34. The van der Waals surface area contributed by atoms with Gasteiger partial charge in [0.15, 0.2) is 5.82 Å². The normalized spacial score (nSPS) is 16.1. The Bertz CT molecular complexity index is 684. The van der Waals surface area contributed by atoms with Crippen LogP contribution in [0.3, 0.4) is 0 Å². The summed E-state index contributed by atoms with van der Waals surface area (Å²) in [5, 5.41) is 4.01. The minimum absolute atomic E-state index is 0. The molecule has 2 N–H and O–H groups in total. The lowest BCUT2D eigenvalue weighted by Crippen LogP contribution is -2.34. The summed E-state index contributed by atoms with van der Waals surface area (Å²) in [6, 6.07) is 3.65. The molecule has 6 nitrogen and oxygen atoms in total. The first-order valence-corrected chi connectivity index (χ1v) is 8.72. The van der Waals surface area contributed by atoms with Gasteiger partial charge in [-0.3, -0.25) is 4.79 Å². The van der Waals surface area contributed by atoms with E-state index in [1.54, 1.807) is 18.0 Å². The van der Waals surface area contributed by atoms with Crippen LogP contribution in [0, 0.1) is 0 Å². The molecule has 2 heterocycles. The first-order chi connectivity index (χ1) is 10.5. The number of nitrogens with zero attached hydrogens (tertiary/aromatic N) is 3. The Morgan fingerprint density at radius 2 is 2.17 bits per heavy atom. The van der Waals surface area contributed by atoms with Crippen molar-refractivity contribution in [2.75, 3.05) is 7.05 Å². The van der Waals surface area contributed by atoms with E-state index in [1.165, 1.54) is 11.3 Å². The van der Waals surface area contributed by atoms with Crippen molar-refractivity contribution < 1.29 is 9.32 Å². The number of rotatable bonds is 4. The zero-order valence-corrected chi connectivity index (χ0v) is 15.8. The van der Waals surface area contributed by atoms with E-state index in [0.29, 0.717) is 16.6 Å². The van der Waals surface area contributed by atoms with Crippen molar-refractivity contribution in [2.24, 2.45) is 5.73 Å². The van der Waals surface area contributed by atoms with Gasteiger partial charge in [0.2, 0.25) is 5.89 Å². The molecule has 1 aliphatic carbocycles. The van der Waals surface area contributed by atoms with E-state index >= 15 is 0 Å². The molecule has 126 valence electrons. The van der Waals surface area contributed by atoms with Crippen molar-refractivity contribution in [3.8, 4) is 0 Å². The van der Waals surface area contributed by atoms with Gasteiger partial charge in [-0.25, -0.2) is 0 Å². The number of nitrogens with two attached hydrogens (primary N) is 1. The number of thiophene rings is 1. The summed E-state index contributed by atoms with van der Waals surface area (Å²) in [6.45, 7) is 0.275. The molecule has 2 aromatic heterocycles. The number of hydrogen-bond donors (Lipinski definition) is 1. The molecule has 0 aliphatic heterocycles. The lowest BCUT2D eigenvalue weighted by Gasteiger charge is -2.18. The average Bonchev–Trinajstić information content (AvgIpc) is 3.20. The molecule has 1 saturated carbocycles. The second-order valence-corrected chi connectivity index (χ2v) is 8.10. The highest BCUT2D eigenvalue weighted by Gasteiger charge is 2.36. The van der Waals surface area contributed by atoms with E-state index in [1.807, 2.05) is 6.07 Å². The number of hydrogen-bond acceptors (Lipinski definition) is 6. The van der Waals surface area contributed by atoms with Crippen LogP contribution in [0.4, 0.5) is 0 Å². The Kier molecular flexibility index (Phi) is 5.83. The first kappa shape index (κ1) is 18.4. The molecule has 1 aliphatic rings. The predicted molar refractivity (Wildman–Crippen MR) is 93.7 cm³/mol. The largest absolute Gasteiger partial charge is 0.337 e. The molecule has 0 bridgehead atoms. The van der Waals surface area contributed by atoms with E-state index in [-0.39, 0.29) is 24.9 Å². The van der Waals surface area contributed by atoms with Crippen molar-refractivity contribution in [1.82, 2.24) is 15.0 Å². The molecule has 0 radical (unpaired) electrons. The van der Waals surface area contributed by atoms with Crippen LogP contribution in [0.2, 0.25) is 0 Å². The number of halogens is 2. The van der Waals surface area contributed by atoms with Gasteiger partial charge in [0, 0.05) is 7.05 Å². The van der Waals surface area contributed by atoms with E-state index in [4.69, 9.17) is 10.3 Å². The minimum atomic E-state index is -0.469. The van der Waals surface area contributed by atoms with Crippen LogP contribution in [0.1, 0.15) is 47.1 Å². The van der Waals surface area contributed by atoms with Crippen molar-refractivity contribution in [2.45, 2.75) is 37.8 Å². The zero-order valence-electron chi connectivity index (χ0n) is 12.6. The summed E-state index contributed by atoms with van der Waals surface area (Å²) >= 11 is 4.75. The second kappa shape index (κ2) is 7.29. The molecule has 9 heteroatoms. The molecule has 3 rings (SSSR count). The van der Waals surface area contributed by atoms with Gasteiger partial charge in [-0.05, 0) is 40.9 Å². The standard InChI is InChI=1S/C14H17BrN4O2S.ClH/c1-19(12(20)9-4-5-10(15)22-9)8-11-17-13(18-21-11)14(16)6-2-3-7-14;/h4-5H,2-3,6-8,16H2,1H3;1H. The van der Waals surface area contributed by atoms with Crippen LogP contribution in [0.5, 0.6) is 0 Å². The van der Waals surface area contributed by atoms with Crippen molar-refractivity contribution >= 4 is 45.6 Å². The number of amides is 1. The fourth-order valence-corrected chi connectivity index (χ4v) is 4.02. The van der Waals surface area contributed by atoms with Crippen LogP contribution in [0.15, 0.2) is 20.4 Å². The van der Waals surface area contributed by atoms with Crippen molar-refractivity contribution in [3.63, 3.8) is 0 Å². The van der Waals surface area contributed by atoms with Gasteiger partial charge in [0.1, 0.15) is 6.54 Å². The monoisotopic (exact) mass is 420 g/mol. The number of carbonyl (C=O) groups excluding carboxylic acids is 1. The summed E-state index contributed by atoms with van der Waals surface area (Å²) in [5.74, 6) is 0.900. The summed E-state index contributed by atoms with van der Waals surface area (Å²) in [5.41, 5.74) is 5.84. The van der Waals surface area contributed by atoms with Crippen molar-refractivity contribution in [3.05, 3.63) is 32.5 Å². The predicted octanol–water partition coefficient (Wildman–Crippen LogP) is 3.32. The van der Waals surface area contributed by atoms with Gasteiger partial charge in [-0.1, -0.05) is 18.0 Å². The Morgan fingerprint density at radius 1 is 1.48 bits per heavy atom. The van der Waals surface area contributed by atoms with Crippen molar-refractivity contribution in [1.29, 1.82) is 0 Å².